The van der Waals surface area contributed by atoms with Crippen LogP contribution in [0.15, 0.2) is 23.1 Å². The third-order valence-electron chi connectivity index (χ3n) is 3.09. The molecular weight excluding hydrogens is 310 g/mol. The topological polar surface area (TPSA) is 55.4 Å². The highest BCUT2D eigenvalue weighted by Gasteiger charge is 2.19. The molecule has 0 radical (unpaired) electrons. The molecule has 1 rings (SSSR count). The van der Waals surface area contributed by atoms with Crippen molar-refractivity contribution < 1.29 is 14.3 Å². The Labute approximate surface area is 134 Å². The molecule has 0 aromatic heterocycles. The van der Waals surface area contributed by atoms with Gasteiger partial charge in [0.15, 0.2) is 6.61 Å². The van der Waals surface area contributed by atoms with E-state index in [9.17, 15) is 9.59 Å². The minimum absolute atomic E-state index is 0.270. The second kappa shape index (κ2) is 7.71. The zero-order valence-electron chi connectivity index (χ0n) is 12.7. The summed E-state index contributed by atoms with van der Waals surface area (Å²) < 4.78 is 5.02. The fourth-order valence-corrected chi connectivity index (χ4v) is 2.13. The summed E-state index contributed by atoms with van der Waals surface area (Å²) in [7, 11) is 0. The first-order valence-corrected chi connectivity index (χ1v) is 8.21. The Morgan fingerprint density at radius 3 is 2.62 bits per heavy atom. The molecule has 0 atom stereocenters. The quantitative estimate of drug-likeness (QED) is 0.641. The summed E-state index contributed by atoms with van der Waals surface area (Å²) in [6.07, 6.45) is 2.69. The number of nitrogens with one attached hydrogen (secondary N) is 1. The van der Waals surface area contributed by atoms with Gasteiger partial charge < -0.3 is 10.1 Å². The molecule has 4 nitrogen and oxygen atoms in total. The number of amides is 1. The molecule has 6 heteroatoms. The van der Waals surface area contributed by atoms with E-state index in [1.54, 1.807) is 12.1 Å². The summed E-state index contributed by atoms with van der Waals surface area (Å²) in [6, 6.07) is 5.12. The molecule has 1 amide bonds. The van der Waals surface area contributed by atoms with Crippen molar-refractivity contribution in [1.82, 2.24) is 5.32 Å². The molecule has 0 aliphatic heterocycles. The van der Waals surface area contributed by atoms with Crippen LogP contribution in [0.25, 0.3) is 0 Å². The van der Waals surface area contributed by atoms with Crippen molar-refractivity contribution in [2.45, 2.75) is 37.6 Å². The molecule has 0 bridgehead atoms. The van der Waals surface area contributed by atoms with Gasteiger partial charge in [0.1, 0.15) is 0 Å². The summed E-state index contributed by atoms with van der Waals surface area (Å²) in [6.45, 7) is 5.47. The first kappa shape index (κ1) is 17.9. The molecule has 1 aromatic rings. The van der Waals surface area contributed by atoms with E-state index in [1.807, 2.05) is 33.1 Å². The van der Waals surface area contributed by atoms with E-state index in [0.717, 1.165) is 11.3 Å². The van der Waals surface area contributed by atoms with Gasteiger partial charge >= 0.3 is 5.97 Å². The van der Waals surface area contributed by atoms with Crippen molar-refractivity contribution in [1.29, 1.82) is 0 Å². The van der Waals surface area contributed by atoms with Crippen molar-refractivity contribution >= 4 is 35.2 Å². The molecule has 0 saturated carbocycles. The number of halogens is 1. The number of esters is 1. The first-order valence-electron chi connectivity index (χ1n) is 6.60. The molecule has 0 fully saturated rings. The second-order valence-electron chi connectivity index (χ2n) is 5.21. The normalized spacial score (nSPS) is 11.1. The number of benzene rings is 1. The third-order valence-corrected chi connectivity index (χ3v) is 4.14. The molecule has 116 valence electrons. The van der Waals surface area contributed by atoms with Gasteiger partial charge in [-0.05, 0) is 44.7 Å². The van der Waals surface area contributed by atoms with Crippen LogP contribution >= 0.6 is 23.4 Å². The van der Waals surface area contributed by atoms with Gasteiger partial charge in [-0.2, -0.15) is 0 Å². The lowest BCUT2D eigenvalue weighted by atomic mass is 10.0. The van der Waals surface area contributed by atoms with Crippen LogP contribution in [0.4, 0.5) is 0 Å². The molecule has 0 heterocycles. The highest BCUT2D eigenvalue weighted by atomic mass is 35.5. The lowest BCUT2D eigenvalue weighted by molar-refractivity contribution is -0.125. The number of rotatable bonds is 6. The van der Waals surface area contributed by atoms with Crippen molar-refractivity contribution in [3.8, 4) is 0 Å². The van der Waals surface area contributed by atoms with Crippen LogP contribution in [0.1, 0.15) is 37.6 Å². The number of hydrogen-bond donors (Lipinski definition) is 1. The van der Waals surface area contributed by atoms with Crippen LogP contribution in [-0.4, -0.2) is 30.3 Å². The number of ether oxygens (including phenoxy) is 1. The lowest BCUT2D eigenvalue weighted by Crippen LogP contribution is -2.44. The van der Waals surface area contributed by atoms with Gasteiger partial charge in [0.25, 0.3) is 5.91 Å². The van der Waals surface area contributed by atoms with E-state index >= 15 is 0 Å². The number of thioether (sulfide) groups is 1. The summed E-state index contributed by atoms with van der Waals surface area (Å²) >= 11 is 7.48. The lowest BCUT2D eigenvalue weighted by Gasteiger charge is -2.24. The number of carbonyl (C=O) groups excluding carboxylic acids is 2. The maximum Gasteiger partial charge on any atom is 0.340 e. The highest BCUT2D eigenvalue weighted by Crippen LogP contribution is 2.23. The van der Waals surface area contributed by atoms with E-state index in [-0.39, 0.29) is 23.6 Å². The van der Waals surface area contributed by atoms with Crippen molar-refractivity contribution in [2.24, 2.45) is 0 Å². The van der Waals surface area contributed by atoms with Gasteiger partial charge in [-0.1, -0.05) is 18.5 Å². The molecule has 1 N–H and O–H groups in total. The zero-order chi connectivity index (χ0) is 16.0. The van der Waals surface area contributed by atoms with Crippen LogP contribution in [-0.2, 0) is 9.53 Å². The monoisotopic (exact) mass is 329 g/mol. The second-order valence-corrected chi connectivity index (χ2v) is 6.49. The molecule has 21 heavy (non-hydrogen) atoms. The van der Waals surface area contributed by atoms with E-state index in [4.69, 9.17) is 16.3 Å². The highest BCUT2D eigenvalue weighted by molar-refractivity contribution is 7.98. The van der Waals surface area contributed by atoms with Gasteiger partial charge in [0.05, 0.1) is 10.6 Å². The fraction of sp³-hybridized carbons (Fsp3) is 0.467. The smallest absolute Gasteiger partial charge is 0.340 e. The Morgan fingerprint density at radius 2 is 2.05 bits per heavy atom. The Balaban J connectivity index is 2.64. The standard InChI is InChI=1S/C15H20ClNO3S/c1-5-15(2,3)17-13(18)9-20-14(19)11-8-10(21-4)6-7-12(11)16/h6-8H,5,9H2,1-4H3,(H,17,18). The summed E-state index contributed by atoms with van der Waals surface area (Å²) in [5, 5.41) is 3.11. The van der Waals surface area contributed by atoms with Crippen molar-refractivity contribution in [3.63, 3.8) is 0 Å². The van der Waals surface area contributed by atoms with Crippen LogP contribution in [0, 0.1) is 0 Å². The molecule has 1 aromatic carbocycles. The first-order chi connectivity index (χ1) is 9.79. The van der Waals surface area contributed by atoms with Gasteiger partial charge in [-0.3, -0.25) is 4.79 Å². The number of carbonyl (C=O) groups is 2. The molecule has 0 aliphatic rings. The van der Waals surface area contributed by atoms with E-state index in [2.05, 4.69) is 5.32 Å². The maximum absolute atomic E-state index is 12.0. The Morgan fingerprint density at radius 1 is 1.38 bits per heavy atom. The van der Waals surface area contributed by atoms with Gasteiger partial charge in [0, 0.05) is 10.4 Å². The van der Waals surface area contributed by atoms with E-state index < -0.39 is 5.97 Å². The van der Waals surface area contributed by atoms with Crippen LogP contribution in [0.3, 0.4) is 0 Å². The van der Waals surface area contributed by atoms with Gasteiger partial charge in [-0.25, -0.2) is 4.79 Å². The Bertz CT molecular complexity index is 532. The van der Waals surface area contributed by atoms with E-state index in [0.29, 0.717) is 5.02 Å². The molecule has 0 aliphatic carbocycles. The van der Waals surface area contributed by atoms with Gasteiger partial charge in [0.2, 0.25) is 0 Å². The largest absolute Gasteiger partial charge is 0.452 e. The van der Waals surface area contributed by atoms with Crippen LogP contribution in [0.2, 0.25) is 5.02 Å². The van der Waals surface area contributed by atoms with Crippen LogP contribution in [0.5, 0.6) is 0 Å². The maximum atomic E-state index is 12.0. The third kappa shape index (κ3) is 5.59. The SMILES string of the molecule is CCC(C)(C)NC(=O)COC(=O)c1cc(SC)ccc1Cl. The summed E-state index contributed by atoms with van der Waals surface area (Å²) in [4.78, 5) is 24.6. The molecule has 0 saturated heterocycles. The molecular formula is C15H20ClNO3S. The average Bonchev–Trinajstić information content (AvgIpc) is 2.45. The average molecular weight is 330 g/mol. The summed E-state index contributed by atoms with van der Waals surface area (Å²) in [5.41, 5.74) is -0.0500. The predicted octanol–water partition coefficient (Wildman–Crippen LogP) is 3.52. The van der Waals surface area contributed by atoms with Gasteiger partial charge in [-0.15, -0.1) is 11.8 Å². The molecule has 0 unspecified atom stereocenters. The molecule has 0 spiro atoms. The zero-order valence-corrected chi connectivity index (χ0v) is 14.2. The van der Waals surface area contributed by atoms with Crippen molar-refractivity contribution in [2.75, 3.05) is 12.9 Å². The number of hydrogen-bond acceptors (Lipinski definition) is 4. The fourth-order valence-electron chi connectivity index (χ4n) is 1.50. The van der Waals surface area contributed by atoms with Crippen LogP contribution < -0.4 is 5.32 Å². The van der Waals surface area contributed by atoms with Crippen molar-refractivity contribution in [3.05, 3.63) is 28.8 Å². The predicted molar refractivity (Wildman–Crippen MR) is 86.0 cm³/mol. The van der Waals surface area contributed by atoms with E-state index in [1.165, 1.54) is 11.8 Å². The minimum atomic E-state index is -0.597. The Hall–Kier alpha value is -1.20. The minimum Gasteiger partial charge on any atom is -0.452 e. The summed E-state index contributed by atoms with van der Waals surface area (Å²) in [5.74, 6) is -0.923. The Kier molecular flexibility index (Phi) is 6.55.